The van der Waals surface area contributed by atoms with Crippen LogP contribution < -0.4 is 14.2 Å². The molecule has 124 valence electrons. The van der Waals surface area contributed by atoms with Crippen molar-refractivity contribution in [3.63, 3.8) is 0 Å². The molecule has 5 heteroatoms. The van der Waals surface area contributed by atoms with Gasteiger partial charge in [-0.3, -0.25) is 0 Å². The maximum absolute atomic E-state index is 12.3. The molecule has 3 rings (SSSR count). The molecule has 1 aliphatic rings. The number of hydrogen-bond acceptors (Lipinski definition) is 5. The summed E-state index contributed by atoms with van der Waals surface area (Å²) in [6, 6.07) is 11.1. The summed E-state index contributed by atoms with van der Waals surface area (Å²) >= 11 is 0. The van der Waals surface area contributed by atoms with E-state index >= 15 is 0 Å². The molecule has 0 radical (unpaired) electrons. The van der Waals surface area contributed by atoms with E-state index in [1.807, 2.05) is 30.3 Å². The number of carbonyl (C=O) groups is 1. The summed E-state index contributed by atoms with van der Waals surface area (Å²) in [4.78, 5) is 12.3. The fraction of sp³-hybridized carbons (Fsp3) is 0.211. The largest absolute Gasteiger partial charge is 0.497 e. The average molecular weight is 326 g/mol. The third kappa shape index (κ3) is 2.93. The number of cyclic esters (lactones) is 1. The zero-order chi connectivity index (χ0) is 17.1. The number of carbonyl (C=O) groups excluding carboxylic acids is 1. The van der Waals surface area contributed by atoms with E-state index < -0.39 is 0 Å². The SMILES string of the molecule is COc1cccc(/C=C2\C(=O)OCc3cc(OC)c(OC)cc32)c1. The van der Waals surface area contributed by atoms with Crippen LogP contribution in [0.15, 0.2) is 36.4 Å². The Morgan fingerprint density at radius 1 is 1.00 bits per heavy atom. The summed E-state index contributed by atoms with van der Waals surface area (Å²) < 4.78 is 21.2. The van der Waals surface area contributed by atoms with Crippen LogP contribution in [0.5, 0.6) is 17.2 Å². The predicted octanol–water partition coefficient (Wildman–Crippen LogP) is 3.31. The lowest BCUT2D eigenvalue weighted by molar-refractivity contribution is -0.138. The number of methoxy groups -OCH3 is 3. The van der Waals surface area contributed by atoms with Gasteiger partial charge in [0.15, 0.2) is 11.5 Å². The number of rotatable bonds is 4. The van der Waals surface area contributed by atoms with Crippen LogP contribution in [0.2, 0.25) is 0 Å². The van der Waals surface area contributed by atoms with Gasteiger partial charge < -0.3 is 18.9 Å². The van der Waals surface area contributed by atoms with E-state index in [1.165, 1.54) is 0 Å². The predicted molar refractivity (Wildman–Crippen MR) is 90.2 cm³/mol. The third-order valence-electron chi connectivity index (χ3n) is 3.88. The van der Waals surface area contributed by atoms with Crippen LogP contribution in [-0.4, -0.2) is 27.3 Å². The maximum Gasteiger partial charge on any atom is 0.339 e. The van der Waals surface area contributed by atoms with Gasteiger partial charge in [0.2, 0.25) is 0 Å². The topological polar surface area (TPSA) is 54.0 Å². The van der Waals surface area contributed by atoms with Crippen molar-refractivity contribution in [1.29, 1.82) is 0 Å². The number of fused-ring (bicyclic) bond motifs is 1. The highest BCUT2D eigenvalue weighted by atomic mass is 16.5. The molecule has 0 unspecified atom stereocenters. The second kappa shape index (κ2) is 6.66. The lowest BCUT2D eigenvalue weighted by Gasteiger charge is -2.21. The molecule has 0 spiro atoms. The van der Waals surface area contributed by atoms with Gasteiger partial charge in [0, 0.05) is 5.56 Å². The third-order valence-corrected chi connectivity index (χ3v) is 3.88. The zero-order valence-electron chi connectivity index (χ0n) is 13.8. The van der Waals surface area contributed by atoms with Crippen molar-refractivity contribution in [1.82, 2.24) is 0 Å². The first kappa shape index (κ1) is 15.9. The van der Waals surface area contributed by atoms with Crippen LogP contribution in [-0.2, 0) is 16.1 Å². The monoisotopic (exact) mass is 326 g/mol. The van der Waals surface area contributed by atoms with E-state index in [-0.39, 0.29) is 12.6 Å². The van der Waals surface area contributed by atoms with Crippen LogP contribution in [0, 0.1) is 0 Å². The highest BCUT2D eigenvalue weighted by Gasteiger charge is 2.25. The van der Waals surface area contributed by atoms with Crippen LogP contribution >= 0.6 is 0 Å². The van der Waals surface area contributed by atoms with Gasteiger partial charge in [-0.1, -0.05) is 12.1 Å². The molecule has 0 N–H and O–H groups in total. The molecule has 0 saturated carbocycles. The van der Waals surface area contributed by atoms with Crippen LogP contribution in [0.1, 0.15) is 16.7 Å². The van der Waals surface area contributed by atoms with E-state index in [9.17, 15) is 4.79 Å². The normalized spacial score (nSPS) is 14.8. The fourth-order valence-corrected chi connectivity index (χ4v) is 2.66. The van der Waals surface area contributed by atoms with Gasteiger partial charge >= 0.3 is 5.97 Å². The lowest BCUT2D eigenvalue weighted by Crippen LogP contribution is -2.15. The van der Waals surface area contributed by atoms with Gasteiger partial charge in [0.25, 0.3) is 0 Å². The zero-order valence-corrected chi connectivity index (χ0v) is 13.8. The molecule has 0 bridgehead atoms. The molecule has 0 aromatic heterocycles. The van der Waals surface area contributed by atoms with E-state index in [0.29, 0.717) is 17.1 Å². The molecular formula is C19H18O5. The van der Waals surface area contributed by atoms with Gasteiger partial charge in [-0.15, -0.1) is 0 Å². The number of esters is 1. The summed E-state index contributed by atoms with van der Waals surface area (Å²) in [5, 5.41) is 0. The van der Waals surface area contributed by atoms with Crippen LogP contribution in [0.3, 0.4) is 0 Å². The molecule has 0 aliphatic carbocycles. The molecule has 0 fully saturated rings. The van der Waals surface area contributed by atoms with Crippen molar-refractivity contribution in [2.75, 3.05) is 21.3 Å². The first-order valence-corrected chi connectivity index (χ1v) is 7.44. The number of hydrogen-bond donors (Lipinski definition) is 0. The van der Waals surface area contributed by atoms with Gasteiger partial charge in [-0.2, -0.15) is 0 Å². The summed E-state index contributed by atoms with van der Waals surface area (Å²) in [7, 11) is 4.75. The maximum atomic E-state index is 12.3. The number of benzene rings is 2. The fourth-order valence-electron chi connectivity index (χ4n) is 2.66. The Bertz CT molecular complexity index is 807. The standard InChI is InChI=1S/C19H18O5/c1-21-14-6-4-5-12(7-14)8-16-15-10-18(23-3)17(22-2)9-13(15)11-24-19(16)20/h4-10H,11H2,1-3H3/b16-8-. The quantitative estimate of drug-likeness (QED) is 0.637. The summed E-state index contributed by atoms with van der Waals surface area (Å²) in [6.07, 6.45) is 1.79. The molecule has 24 heavy (non-hydrogen) atoms. The average Bonchev–Trinajstić information content (AvgIpc) is 2.63. The van der Waals surface area contributed by atoms with E-state index in [2.05, 4.69) is 0 Å². The van der Waals surface area contributed by atoms with Gasteiger partial charge in [0.05, 0.1) is 26.9 Å². The lowest BCUT2D eigenvalue weighted by atomic mass is 9.95. The molecule has 1 aliphatic heterocycles. The Morgan fingerprint density at radius 3 is 2.46 bits per heavy atom. The molecule has 0 amide bonds. The van der Waals surface area contributed by atoms with Gasteiger partial charge in [-0.25, -0.2) is 4.79 Å². The Labute approximate surface area is 140 Å². The second-order valence-electron chi connectivity index (χ2n) is 5.28. The highest BCUT2D eigenvalue weighted by Crippen LogP contribution is 2.37. The van der Waals surface area contributed by atoms with Crippen molar-refractivity contribution in [3.8, 4) is 17.2 Å². The first-order chi connectivity index (χ1) is 11.7. The molecule has 2 aromatic carbocycles. The van der Waals surface area contributed by atoms with E-state index in [1.54, 1.807) is 33.5 Å². The molecule has 1 heterocycles. The highest BCUT2D eigenvalue weighted by molar-refractivity contribution is 6.22. The Hall–Kier alpha value is -2.95. The minimum atomic E-state index is -0.363. The Kier molecular flexibility index (Phi) is 4.42. The van der Waals surface area contributed by atoms with E-state index in [4.69, 9.17) is 18.9 Å². The minimum absolute atomic E-state index is 0.212. The van der Waals surface area contributed by atoms with E-state index in [0.717, 1.165) is 22.4 Å². The van der Waals surface area contributed by atoms with Crippen molar-refractivity contribution in [2.45, 2.75) is 6.61 Å². The smallest absolute Gasteiger partial charge is 0.339 e. The van der Waals surface area contributed by atoms with Crippen LogP contribution in [0.25, 0.3) is 11.6 Å². The Morgan fingerprint density at radius 2 is 1.75 bits per heavy atom. The first-order valence-electron chi connectivity index (χ1n) is 7.44. The molecule has 0 saturated heterocycles. The molecule has 0 atom stereocenters. The van der Waals surface area contributed by atoms with Gasteiger partial charge in [-0.05, 0) is 41.5 Å². The molecule has 2 aromatic rings. The molecular weight excluding hydrogens is 308 g/mol. The summed E-state index contributed by atoms with van der Waals surface area (Å²) in [6.45, 7) is 0.212. The van der Waals surface area contributed by atoms with Crippen LogP contribution in [0.4, 0.5) is 0 Å². The molecule has 5 nitrogen and oxygen atoms in total. The minimum Gasteiger partial charge on any atom is -0.497 e. The summed E-state index contributed by atoms with van der Waals surface area (Å²) in [5.41, 5.74) is 2.99. The second-order valence-corrected chi connectivity index (χ2v) is 5.28. The van der Waals surface area contributed by atoms with Crippen molar-refractivity contribution >= 4 is 17.6 Å². The Balaban J connectivity index is 2.12. The van der Waals surface area contributed by atoms with Gasteiger partial charge in [0.1, 0.15) is 12.4 Å². The van der Waals surface area contributed by atoms with Crippen molar-refractivity contribution < 1.29 is 23.7 Å². The van der Waals surface area contributed by atoms with Crippen molar-refractivity contribution in [2.24, 2.45) is 0 Å². The van der Waals surface area contributed by atoms with Crippen molar-refractivity contribution in [3.05, 3.63) is 53.1 Å². The summed E-state index contributed by atoms with van der Waals surface area (Å²) in [5.74, 6) is 1.54. The number of ether oxygens (including phenoxy) is 4.